The molecule has 1 fully saturated rings. The molecule has 2 heterocycles. The Labute approximate surface area is 133 Å². The predicted octanol–water partition coefficient (Wildman–Crippen LogP) is 3.42. The highest BCUT2D eigenvalue weighted by Crippen LogP contribution is 2.28. The molecule has 1 aliphatic rings. The fourth-order valence-corrected chi connectivity index (χ4v) is 4.04. The number of rotatable bonds is 6. The molecule has 1 aromatic rings. The number of hydrogen-bond donors (Lipinski definition) is 1. The number of amides is 1. The number of aryl methyl sites for hydroxylation is 1. The lowest BCUT2D eigenvalue weighted by molar-refractivity contribution is -0.113. The number of carbonyl (C=O) groups is 1. The Balaban J connectivity index is 1.76. The molecular weight excluding hydrogens is 304 g/mol. The number of nitrogens with one attached hydrogen (secondary N) is 1. The highest BCUT2D eigenvalue weighted by atomic mass is 32.2. The lowest BCUT2D eigenvalue weighted by atomic mass is 10.1. The molecule has 0 aromatic carbocycles. The maximum absolute atomic E-state index is 11.9. The third-order valence-corrected chi connectivity index (χ3v) is 5.58. The maximum atomic E-state index is 11.9. The molecule has 1 saturated heterocycles. The minimum absolute atomic E-state index is 0.0446. The van der Waals surface area contributed by atoms with Gasteiger partial charge in [-0.2, -0.15) is 5.26 Å². The van der Waals surface area contributed by atoms with Crippen LogP contribution in [-0.2, 0) is 16.0 Å². The Kier molecular flexibility index (Phi) is 6.55. The summed E-state index contributed by atoms with van der Waals surface area (Å²) in [6.45, 7) is 2.89. The standard InChI is InChI=1S/C15H20N2O2S2/c1-2-13-7-11(8-16)15(21-13)17-14(18)10-20-9-12-5-3-4-6-19-12/h7,12H,2-6,9-10H2,1H3,(H,17,18)/t12-/m0/s1. The van der Waals surface area contributed by atoms with Crippen molar-refractivity contribution < 1.29 is 9.53 Å². The van der Waals surface area contributed by atoms with Crippen LogP contribution in [0, 0.1) is 11.3 Å². The molecule has 0 saturated carbocycles. The van der Waals surface area contributed by atoms with E-state index in [4.69, 9.17) is 10.00 Å². The van der Waals surface area contributed by atoms with Crippen molar-refractivity contribution in [3.8, 4) is 6.07 Å². The van der Waals surface area contributed by atoms with Crippen molar-refractivity contribution in [2.24, 2.45) is 0 Å². The number of nitriles is 1. The molecule has 0 spiro atoms. The van der Waals surface area contributed by atoms with Crippen LogP contribution in [0.5, 0.6) is 0 Å². The second-order valence-corrected chi connectivity index (χ2v) is 7.14. The van der Waals surface area contributed by atoms with E-state index < -0.39 is 0 Å². The minimum Gasteiger partial charge on any atom is -0.377 e. The zero-order valence-corrected chi connectivity index (χ0v) is 13.8. The lowest BCUT2D eigenvalue weighted by Crippen LogP contribution is -2.22. The summed E-state index contributed by atoms with van der Waals surface area (Å²) in [5, 5.41) is 12.6. The third kappa shape index (κ3) is 5.03. The van der Waals surface area contributed by atoms with Crippen molar-refractivity contribution in [3.63, 3.8) is 0 Å². The second-order valence-electron chi connectivity index (χ2n) is 4.97. The van der Waals surface area contributed by atoms with Crippen LogP contribution in [0.25, 0.3) is 0 Å². The van der Waals surface area contributed by atoms with E-state index in [1.807, 2.05) is 13.0 Å². The number of thiophene rings is 1. The quantitative estimate of drug-likeness (QED) is 0.871. The Morgan fingerprint density at radius 1 is 1.62 bits per heavy atom. The van der Waals surface area contributed by atoms with Gasteiger partial charge in [0.2, 0.25) is 5.91 Å². The van der Waals surface area contributed by atoms with Gasteiger partial charge in [-0.3, -0.25) is 4.79 Å². The lowest BCUT2D eigenvalue weighted by Gasteiger charge is -2.21. The summed E-state index contributed by atoms with van der Waals surface area (Å²) in [5.74, 6) is 1.23. The Hall–Kier alpha value is -1.03. The van der Waals surface area contributed by atoms with E-state index in [-0.39, 0.29) is 5.91 Å². The van der Waals surface area contributed by atoms with E-state index in [1.165, 1.54) is 17.8 Å². The van der Waals surface area contributed by atoms with Gasteiger partial charge in [-0.15, -0.1) is 23.1 Å². The summed E-state index contributed by atoms with van der Waals surface area (Å²) >= 11 is 3.08. The summed E-state index contributed by atoms with van der Waals surface area (Å²) in [4.78, 5) is 13.1. The third-order valence-electron chi connectivity index (χ3n) is 3.32. The van der Waals surface area contributed by atoms with Gasteiger partial charge in [-0.1, -0.05) is 6.92 Å². The fourth-order valence-electron chi connectivity index (χ4n) is 2.18. The van der Waals surface area contributed by atoms with Gasteiger partial charge in [0.15, 0.2) is 0 Å². The molecular formula is C15H20N2O2S2. The molecule has 0 bridgehead atoms. The summed E-state index contributed by atoms with van der Waals surface area (Å²) in [6, 6.07) is 3.98. The molecule has 1 aliphatic heterocycles. The van der Waals surface area contributed by atoms with Crippen LogP contribution < -0.4 is 5.32 Å². The molecule has 1 N–H and O–H groups in total. The van der Waals surface area contributed by atoms with Crippen molar-refractivity contribution in [1.82, 2.24) is 0 Å². The Morgan fingerprint density at radius 3 is 3.14 bits per heavy atom. The molecule has 1 aromatic heterocycles. The molecule has 4 nitrogen and oxygen atoms in total. The first kappa shape index (κ1) is 16.3. The van der Waals surface area contributed by atoms with Gasteiger partial charge < -0.3 is 10.1 Å². The molecule has 114 valence electrons. The number of anilines is 1. The molecule has 0 aliphatic carbocycles. The minimum atomic E-state index is -0.0446. The van der Waals surface area contributed by atoms with Gasteiger partial charge in [0.1, 0.15) is 11.1 Å². The molecule has 1 amide bonds. The van der Waals surface area contributed by atoms with E-state index in [0.29, 0.717) is 22.4 Å². The summed E-state index contributed by atoms with van der Waals surface area (Å²) in [6.07, 6.45) is 4.63. The number of carbonyl (C=O) groups excluding carboxylic acids is 1. The van der Waals surface area contributed by atoms with E-state index in [1.54, 1.807) is 11.8 Å². The van der Waals surface area contributed by atoms with E-state index in [0.717, 1.165) is 36.5 Å². The van der Waals surface area contributed by atoms with Crippen LogP contribution >= 0.6 is 23.1 Å². The SMILES string of the molecule is CCc1cc(C#N)c(NC(=O)CSC[C@@H]2CCCCO2)s1. The van der Waals surface area contributed by atoms with Crippen LogP contribution in [0.2, 0.25) is 0 Å². The van der Waals surface area contributed by atoms with Crippen molar-refractivity contribution in [2.75, 3.05) is 23.4 Å². The van der Waals surface area contributed by atoms with E-state index in [9.17, 15) is 4.79 Å². The Bertz CT molecular complexity index is 516. The largest absolute Gasteiger partial charge is 0.377 e. The zero-order valence-electron chi connectivity index (χ0n) is 12.2. The van der Waals surface area contributed by atoms with Gasteiger partial charge in [-0.25, -0.2) is 0 Å². The highest BCUT2D eigenvalue weighted by Gasteiger charge is 2.15. The van der Waals surface area contributed by atoms with Crippen molar-refractivity contribution >= 4 is 34.0 Å². The number of hydrogen-bond acceptors (Lipinski definition) is 5. The van der Waals surface area contributed by atoms with Crippen LogP contribution in [0.3, 0.4) is 0 Å². The molecule has 2 rings (SSSR count). The average Bonchev–Trinajstić information content (AvgIpc) is 2.90. The van der Waals surface area contributed by atoms with Crippen LogP contribution in [0.4, 0.5) is 5.00 Å². The molecule has 21 heavy (non-hydrogen) atoms. The highest BCUT2D eigenvalue weighted by molar-refractivity contribution is 8.00. The molecule has 6 heteroatoms. The van der Waals surface area contributed by atoms with Crippen molar-refractivity contribution in [3.05, 3.63) is 16.5 Å². The van der Waals surface area contributed by atoms with Gasteiger partial charge in [0, 0.05) is 17.2 Å². The summed E-state index contributed by atoms with van der Waals surface area (Å²) in [7, 11) is 0. The van der Waals surface area contributed by atoms with Crippen molar-refractivity contribution in [2.45, 2.75) is 38.7 Å². The van der Waals surface area contributed by atoms with Crippen LogP contribution in [0.1, 0.15) is 36.6 Å². The summed E-state index contributed by atoms with van der Waals surface area (Å²) < 4.78 is 5.64. The number of nitrogens with zero attached hydrogens (tertiary/aromatic N) is 1. The molecule has 0 radical (unpaired) electrons. The maximum Gasteiger partial charge on any atom is 0.235 e. The Morgan fingerprint density at radius 2 is 2.48 bits per heavy atom. The predicted molar refractivity (Wildman–Crippen MR) is 88.0 cm³/mol. The smallest absolute Gasteiger partial charge is 0.235 e. The van der Waals surface area contributed by atoms with Gasteiger partial charge >= 0.3 is 0 Å². The topological polar surface area (TPSA) is 62.1 Å². The second kappa shape index (κ2) is 8.42. The van der Waals surface area contributed by atoms with Gasteiger partial charge in [0.05, 0.1) is 17.4 Å². The monoisotopic (exact) mass is 324 g/mol. The molecule has 1 atom stereocenters. The van der Waals surface area contributed by atoms with Crippen LogP contribution in [-0.4, -0.2) is 30.1 Å². The zero-order chi connectivity index (χ0) is 15.1. The summed E-state index contributed by atoms with van der Waals surface area (Å²) in [5.41, 5.74) is 0.561. The number of ether oxygens (including phenoxy) is 1. The normalized spacial score (nSPS) is 18.2. The average molecular weight is 324 g/mol. The first-order valence-electron chi connectivity index (χ1n) is 7.25. The van der Waals surface area contributed by atoms with E-state index in [2.05, 4.69) is 11.4 Å². The number of thioether (sulfide) groups is 1. The molecule has 0 unspecified atom stereocenters. The first-order chi connectivity index (χ1) is 10.2. The van der Waals surface area contributed by atoms with Gasteiger partial charge in [0.25, 0.3) is 0 Å². The van der Waals surface area contributed by atoms with Crippen LogP contribution in [0.15, 0.2) is 6.07 Å². The first-order valence-corrected chi connectivity index (χ1v) is 9.22. The van der Waals surface area contributed by atoms with E-state index >= 15 is 0 Å². The van der Waals surface area contributed by atoms with Crippen molar-refractivity contribution in [1.29, 1.82) is 5.26 Å². The van der Waals surface area contributed by atoms with Gasteiger partial charge in [-0.05, 0) is 31.7 Å². The fraction of sp³-hybridized carbons (Fsp3) is 0.600.